The molecule has 0 aromatic heterocycles. The number of unbranched alkanes of at least 4 members (excludes halogenated alkanes) is 1. The molecular formula is C17H16I3NO4. The lowest BCUT2D eigenvalue weighted by Gasteiger charge is -2.14. The Morgan fingerprint density at radius 1 is 1.04 bits per heavy atom. The smallest absolute Gasteiger partial charge is 0.335 e. The van der Waals surface area contributed by atoms with Crippen molar-refractivity contribution in [3.05, 3.63) is 46.1 Å². The van der Waals surface area contributed by atoms with Crippen molar-refractivity contribution in [3.63, 3.8) is 0 Å². The summed E-state index contributed by atoms with van der Waals surface area (Å²) >= 11 is 6.20. The molecule has 0 atom stereocenters. The third kappa shape index (κ3) is 5.57. The topological polar surface area (TPSA) is 92.8 Å². The van der Waals surface area contributed by atoms with Gasteiger partial charge in [0.2, 0.25) is 0 Å². The highest BCUT2D eigenvalue weighted by Gasteiger charge is 2.15. The van der Waals surface area contributed by atoms with Gasteiger partial charge in [-0.1, -0.05) is 0 Å². The number of rotatable bonds is 7. The van der Waals surface area contributed by atoms with Crippen LogP contribution in [0.1, 0.15) is 28.8 Å². The number of ether oxygens (including phenoxy) is 1. The molecule has 2 rings (SSSR count). The van der Waals surface area contributed by atoms with Crippen molar-refractivity contribution in [1.29, 1.82) is 0 Å². The molecule has 0 radical (unpaired) electrons. The first-order chi connectivity index (χ1) is 11.8. The molecule has 0 aliphatic carbocycles. The maximum atomic E-state index is 11.1. The number of carbonyl (C=O) groups is 1. The summed E-state index contributed by atoms with van der Waals surface area (Å²) in [6.07, 6.45) is 2.52. The summed E-state index contributed by atoms with van der Waals surface area (Å²) in [5.41, 5.74) is 6.57. The molecular weight excluding hydrogens is 663 g/mol. The van der Waals surface area contributed by atoms with Gasteiger partial charge in [0.1, 0.15) is 11.5 Å². The normalized spacial score (nSPS) is 10.7. The van der Waals surface area contributed by atoms with Gasteiger partial charge in [-0.15, -0.1) is 0 Å². The number of halogens is 3. The summed E-state index contributed by atoms with van der Waals surface area (Å²) in [6.45, 7) is 0.625. The van der Waals surface area contributed by atoms with E-state index in [0.29, 0.717) is 21.6 Å². The fraction of sp³-hybridized carbons (Fsp3) is 0.235. The molecule has 8 heteroatoms. The average Bonchev–Trinajstić information content (AvgIpc) is 2.55. The van der Waals surface area contributed by atoms with Crippen molar-refractivity contribution in [1.82, 2.24) is 0 Å². The fourth-order valence-electron chi connectivity index (χ4n) is 2.24. The number of carboxylic acids is 1. The van der Waals surface area contributed by atoms with Crippen LogP contribution >= 0.6 is 67.8 Å². The van der Waals surface area contributed by atoms with Gasteiger partial charge in [0, 0.05) is 0 Å². The quantitative estimate of drug-likeness (QED) is 0.284. The van der Waals surface area contributed by atoms with Crippen LogP contribution < -0.4 is 10.5 Å². The van der Waals surface area contributed by atoms with E-state index in [4.69, 9.17) is 15.6 Å². The number of phenols is 1. The lowest BCUT2D eigenvalue weighted by molar-refractivity contribution is 0.0696. The van der Waals surface area contributed by atoms with Crippen molar-refractivity contribution in [3.8, 4) is 17.2 Å². The zero-order valence-electron chi connectivity index (χ0n) is 13.1. The Kier molecular flexibility index (Phi) is 8.01. The van der Waals surface area contributed by atoms with Crippen molar-refractivity contribution >= 4 is 73.7 Å². The number of aromatic carboxylic acids is 1. The second kappa shape index (κ2) is 9.55. The molecule has 2 aromatic rings. The third-order valence-corrected chi connectivity index (χ3v) is 5.91. The van der Waals surface area contributed by atoms with Gasteiger partial charge in [0.15, 0.2) is 5.75 Å². The molecule has 0 unspecified atom stereocenters. The largest absolute Gasteiger partial charge is 0.507 e. The van der Waals surface area contributed by atoms with Crippen LogP contribution in [0.15, 0.2) is 24.3 Å². The predicted molar refractivity (Wildman–Crippen MR) is 122 cm³/mol. The Labute approximate surface area is 186 Å². The Morgan fingerprint density at radius 3 is 2.24 bits per heavy atom. The summed E-state index contributed by atoms with van der Waals surface area (Å²) in [5, 5.41) is 19.4. The Hall–Kier alpha value is -0.340. The third-order valence-electron chi connectivity index (χ3n) is 3.48. The SMILES string of the molecule is NCCCCc1cc(Oc2c(I)cc(C(=O)O)cc2I)cc(I)c1O. The summed E-state index contributed by atoms with van der Waals surface area (Å²) in [5.74, 6) is 0.531. The van der Waals surface area contributed by atoms with E-state index >= 15 is 0 Å². The van der Waals surface area contributed by atoms with E-state index in [2.05, 4.69) is 67.8 Å². The molecule has 5 nitrogen and oxygen atoms in total. The summed E-state index contributed by atoms with van der Waals surface area (Å²) in [7, 11) is 0. The molecule has 2 aromatic carbocycles. The lowest BCUT2D eigenvalue weighted by Crippen LogP contribution is -2.01. The minimum absolute atomic E-state index is 0.226. The van der Waals surface area contributed by atoms with E-state index in [1.807, 2.05) is 6.07 Å². The average molecular weight is 679 g/mol. The van der Waals surface area contributed by atoms with Crippen molar-refractivity contribution in [2.75, 3.05) is 6.54 Å². The minimum Gasteiger partial charge on any atom is -0.507 e. The summed E-state index contributed by atoms with van der Waals surface area (Å²) in [4.78, 5) is 11.1. The number of phenolic OH excluding ortho intramolecular Hbond substituents is 1. The van der Waals surface area contributed by atoms with Crippen LogP contribution in [0.4, 0.5) is 0 Å². The standard InChI is InChI=1S/C17H16I3NO4/c18-12-8-11(5-9(15(12)22)3-1-2-4-21)25-16-13(19)6-10(17(23)24)7-14(16)20/h5-8,22H,1-4,21H2,(H,23,24). The van der Waals surface area contributed by atoms with Gasteiger partial charge in [0.05, 0.1) is 16.3 Å². The molecule has 0 fully saturated rings. The van der Waals surface area contributed by atoms with E-state index in [9.17, 15) is 9.90 Å². The number of aryl methyl sites for hydroxylation is 1. The highest BCUT2D eigenvalue weighted by atomic mass is 127. The first-order valence-electron chi connectivity index (χ1n) is 7.45. The van der Waals surface area contributed by atoms with E-state index in [1.165, 1.54) is 0 Å². The maximum absolute atomic E-state index is 11.1. The maximum Gasteiger partial charge on any atom is 0.335 e. The highest BCUT2D eigenvalue weighted by Crippen LogP contribution is 2.36. The van der Waals surface area contributed by atoms with Gasteiger partial charge < -0.3 is 20.7 Å². The number of nitrogens with two attached hydrogens (primary N) is 1. The van der Waals surface area contributed by atoms with E-state index < -0.39 is 5.97 Å². The van der Waals surface area contributed by atoms with Crippen LogP contribution in [0.2, 0.25) is 0 Å². The van der Waals surface area contributed by atoms with Crippen LogP contribution in [-0.2, 0) is 6.42 Å². The Balaban J connectivity index is 2.33. The van der Waals surface area contributed by atoms with E-state index in [0.717, 1.165) is 32.0 Å². The summed E-state index contributed by atoms with van der Waals surface area (Å²) in [6, 6.07) is 6.74. The Morgan fingerprint density at radius 2 is 1.68 bits per heavy atom. The molecule has 0 saturated heterocycles. The minimum atomic E-state index is -0.969. The van der Waals surface area contributed by atoms with Gasteiger partial charge in [-0.05, 0) is 123 Å². The lowest BCUT2D eigenvalue weighted by atomic mass is 10.1. The zero-order valence-corrected chi connectivity index (χ0v) is 19.5. The van der Waals surface area contributed by atoms with Crippen LogP contribution in [-0.4, -0.2) is 22.7 Å². The first-order valence-corrected chi connectivity index (χ1v) is 10.7. The van der Waals surface area contributed by atoms with Crippen molar-refractivity contribution < 1.29 is 19.7 Å². The van der Waals surface area contributed by atoms with Crippen molar-refractivity contribution in [2.24, 2.45) is 5.73 Å². The van der Waals surface area contributed by atoms with Crippen molar-refractivity contribution in [2.45, 2.75) is 19.3 Å². The fourth-order valence-corrected chi connectivity index (χ4v) is 4.88. The zero-order chi connectivity index (χ0) is 18.6. The van der Waals surface area contributed by atoms with Gasteiger partial charge in [0.25, 0.3) is 0 Å². The molecule has 0 bridgehead atoms. The molecule has 25 heavy (non-hydrogen) atoms. The molecule has 0 saturated carbocycles. The molecule has 0 aliphatic rings. The molecule has 134 valence electrons. The Bertz CT molecular complexity index is 773. The molecule has 0 amide bonds. The van der Waals surface area contributed by atoms with E-state index in [1.54, 1.807) is 18.2 Å². The number of hydrogen-bond acceptors (Lipinski definition) is 4. The van der Waals surface area contributed by atoms with Crippen LogP contribution in [0.25, 0.3) is 0 Å². The van der Waals surface area contributed by atoms with E-state index in [-0.39, 0.29) is 11.3 Å². The van der Waals surface area contributed by atoms with Gasteiger partial charge in [-0.3, -0.25) is 0 Å². The predicted octanol–water partition coefficient (Wildman–Crippen LogP) is 4.98. The van der Waals surface area contributed by atoms with Crippen LogP contribution in [0.5, 0.6) is 17.2 Å². The number of hydrogen-bond donors (Lipinski definition) is 3. The second-order valence-corrected chi connectivity index (χ2v) is 8.82. The number of aromatic hydroxyl groups is 1. The number of carboxylic acid groups (broad SMARTS) is 1. The van der Waals surface area contributed by atoms with Crippen LogP contribution in [0, 0.1) is 10.7 Å². The highest BCUT2D eigenvalue weighted by molar-refractivity contribution is 14.1. The van der Waals surface area contributed by atoms with Gasteiger partial charge in [-0.25, -0.2) is 4.79 Å². The molecule has 0 aliphatic heterocycles. The first kappa shape index (κ1) is 21.0. The molecule has 4 N–H and O–H groups in total. The van der Waals surface area contributed by atoms with Gasteiger partial charge >= 0.3 is 5.97 Å². The molecule has 0 heterocycles. The molecule has 0 spiro atoms. The summed E-state index contributed by atoms with van der Waals surface area (Å²) < 4.78 is 8.16. The second-order valence-electron chi connectivity index (χ2n) is 5.33. The number of benzene rings is 2. The monoisotopic (exact) mass is 679 g/mol. The van der Waals surface area contributed by atoms with Crippen LogP contribution in [0.3, 0.4) is 0 Å². The van der Waals surface area contributed by atoms with Gasteiger partial charge in [-0.2, -0.15) is 0 Å².